The fraction of sp³-hybridized carbons (Fsp3) is 0.269. The second-order valence-electron chi connectivity index (χ2n) is 8.62. The molecule has 0 radical (unpaired) electrons. The van der Waals surface area contributed by atoms with Gasteiger partial charge in [-0.3, -0.25) is 4.79 Å². The van der Waals surface area contributed by atoms with Crippen LogP contribution in [-0.4, -0.2) is 54.0 Å². The number of halogens is 1. The van der Waals surface area contributed by atoms with Crippen molar-refractivity contribution < 1.29 is 18.7 Å². The van der Waals surface area contributed by atoms with E-state index in [1.165, 1.54) is 12.1 Å². The summed E-state index contributed by atoms with van der Waals surface area (Å²) in [7, 11) is 0. The topological polar surface area (TPSA) is 101 Å². The lowest BCUT2D eigenvalue weighted by Gasteiger charge is -2.36. The Morgan fingerprint density at radius 3 is 2.14 bits per heavy atom. The van der Waals surface area contributed by atoms with Crippen LogP contribution < -0.4 is 20.7 Å². The minimum atomic E-state index is -0.612. The molecule has 2 aromatic carbocycles. The minimum absolute atomic E-state index is 0.0733. The molecule has 0 unspecified atom stereocenters. The summed E-state index contributed by atoms with van der Waals surface area (Å²) in [5.41, 5.74) is 7.94. The lowest BCUT2D eigenvalue weighted by molar-refractivity contribution is 0.0995. The Kier molecular flexibility index (Phi) is 7.14. The maximum atomic E-state index is 13.1. The zero-order valence-electron chi connectivity index (χ0n) is 19.7. The van der Waals surface area contributed by atoms with Crippen molar-refractivity contribution in [2.24, 2.45) is 5.73 Å². The van der Waals surface area contributed by atoms with Crippen LogP contribution in [0.2, 0.25) is 0 Å². The molecule has 1 aliphatic rings. The van der Waals surface area contributed by atoms with E-state index in [0.717, 1.165) is 11.3 Å². The summed E-state index contributed by atoms with van der Waals surface area (Å²) in [5.74, 6) is 0.169. The molecular weight excluding hydrogens is 449 g/mol. The molecule has 4 rings (SSSR count). The Labute approximate surface area is 203 Å². The molecule has 1 saturated heterocycles. The summed E-state index contributed by atoms with van der Waals surface area (Å²) in [4.78, 5) is 32.6. The average molecular weight is 478 g/mol. The van der Waals surface area contributed by atoms with Crippen LogP contribution in [0.5, 0.6) is 11.5 Å². The number of urea groups is 1. The summed E-state index contributed by atoms with van der Waals surface area (Å²) >= 11 is 0. The van der Waals surface area contributed by atoms with Gasteiger partial charge in [-0.05, 0) is 74.5 Å². The molecular formula is C26H28FN5O3. The van der Waals surface area contributed by atoms with E-state index >= 15 is 0 Å². The number of benzene rings is 2. The van der Waals surface area contributed by atoms with Crippen LogP contribution in [0.1, 0.15) is 24.3 Å². The molecule has 2 heterocycles. The van der Waals surface area contributed by atoms with Crippen molar-refractivity contribution in [3.05, 3.63) is 72.2 Å². The van der Waals surface area contributed by atoms with E-state index < -0.39 is 5.91 Å². The number of piperazine rings is 1. The van der Waals surface area contributed by atoms with Gasteiger partial charge >= 0.3 is 6.03 Å². The molecule has 0 saturated carbocycles. The summed E-state index contributed by atoms with van der Waals surface area (Å²) in [6.07, 6.45) is 0. The van der Waals surface area contributed by atoms with Crippen molar-refractivity contribution in [2.75, 3.05) is 31.1 Å². The van der Waals surface area contributed by atoms with Crippen molar-refractivity contribution in [3.8, 4) is 22.8 Å². The highest BCUT2D eigenvalue weighted by Crippen LogP contribution is 2.28. The number of hydrogen-bond acceptors (Lipinski definition) is 5. The second-order valence-corrected chi connectivity index (χ2v) is 8.62. The molecule has 0 spiro atoms. The standard InChI is InChI=1S/C26H28FN5O3/c1-17(2)29-26(34)32-13-11-31(12-14-32)20-15-23(30-24(16-20)25(28)33)18-3-7-21(8-4-18)35-22-9-5-19(27)6-10-22/h3-10,15-17H,11-14H2,1-2H3,(H2,28,33)(H,29,34). The van der Waals surface area contributed by atoms with Gasteiger partial charge in [0.1, 0.15) is 23.0 Å². The monoisotopic (exact) mass is 477 g/mol. The number of ether oxygens (including phenoxy) is 1. The third-order valence-electron chi connectivity index (χ3n) is 5.61. The summed E-state index contributed by atoms with van der Waals surface area (Å²) < 4.78 is 18.9. The van der Waals surface area contributed by atoms with Crippen LogP contribution in [0.15, 0.2) is 60.7 Å². The van der Waals surface area contributed by atoms with Crippen molar-refractivity contribution in [1.29, 1.82) is 0 Å². The van der Waals surface area contributed by atoms with E-state index in [0.29, 0.717) is 43.4 Å². The van der Waals surface area contributed by atoms with Crippen molar-refractivity contribution in [1.82, 2.24) is 15.2 Å². The molecule has 3 N–H and O–H groups in total. The number of nitrogens with two attached hydrogens (primary N) is 1. The summed E-state index contributed by atoms with van der Waals surface area (Å²) in [5, 5.41) is 2.91. The molecule has 8 nitrogen and oxygen atoms in total. The van der Waals surface area contributed by atoms with E-state index in [2.05, 4.69) is 15.2 Å². The molecule has 0 aliphatic carbocycles. The van der Waals surface area contributed by atoms with E-state index in [1.807, 2.05) is 32.0 Å². The van der Waals surface area contributed by atoms with Crippen molar-refractivity contribution in [2.45, 2.75) is 19.9 Å². The zero-order valence-corrected chi connectivity index (χ0v) is 19.7. The van der Waals surface area contributed by atoms with Gasteiger partial charge in [-0.2, -0.15) is 0 Å². The first-order valence-electron chi connectivity index (χ1n) is 11.4. The first-order valence-corrected chi connectivity index (χ1v) is 11.4. The highest BCUT2D eigenvalue weighted by molar-refractivity contribution is 5.92. The maximum absolute atomic E-state index is 13.1. The fourth-order valence-electron chi connectivity index (χ4n) is 3.81. The number of rotatable bonds is 6. The molecule has 3 amide bonds. The number of carbonyl (C=O) groups excluding carboxylic acids is 2. The molecule has 0 bridgehead atoms. The van der Waals surface area contributed by atoms with E-state index in [-0.39, 0.29) is 23.6 Å². The first-order chi connectivity index (χ1) is 16.8. The third-order valence-corrected chi connectivity index (χ3v) is 5.61. The Balaban J connectivity index is 1.51. The van der Waals surface area contributed by atoms with Gasteiger partial charge in [0.25, 0.3) is 5.91 Å². The Hall–Kier alpha value is -4.14. The number of nitrogens with zero attached hydrogens (tertiary/aromatic N) is 3. The third kappa shape index (κ3) is 6.06. The predicted octanol–water partition coefficient (Wildman–Crippen LogP) is 4.02. The molecule has 3 aromatic rings. The molecule has 1 aliphatic heterocycles. The number of hydrogen-bond donors (Lipinski definition) is 2. The van der Waals surface area contributed by atoms with Gasteiger partial charge in [0, 0.05) is 43.5 Å². The van der Waals surface area contributed by atoms with E-state index in [1.54, 1.807) is 35.2 Å². The normalized spacial score (nSPS) is 13.6. The van der Waals surface area contributed by atoms with Gasteiger partial charge in [0.05, 0.1) is 5.69 Å². The van der Waals surface area contributed by atoms with E-state index in [4.69, 9.17) is 10.5 Å². The quantitative estimate of drug-likeness (QED) is 0.559. The number of nitrogens with one attached hydrogen (secondary N) is 1. The number of primary amides is 1. The fourth-order valence-corrected chi connectivity index (χ4v) is 3.81. The maximum Gasteiger partial charge on any atom is 0.317 e. The van der Waals surface area contributed by atoms with Crippen LogP contribution in [0, 0.1) is 5.82 Å². The van der Waals surface area contributed by atoms with Gasteiger partial charge < -0.3 is 25.6 Å². The summed E-state index contributed by atoms with van der Waals surface area (Å²) in [6, 6.07) is 16.6. The predicted molar refractivity (Wildman–Crippen MR) is 132 cm³/mol. The van der Waals surface area contributed by atoms with Gasteiger partial charge in [-0.15, -0.1) is 0 Å². The number of anilines is 1. The highest BCUT2D eigenvalue weighted by Gasteiger charge is 2.23. The van der Waals surface area contributed by atoms with Crippen molar-refractivity contribution in [3.63, 3.8) is 0 Å². The largest absolute Gasteiger partial charge is 0.457 e. The lowest BCUT2D eigenvalue weighted by atomic mass is 10.1. The average Bonchev–Trinajstić information content (AvgIpc) is 2.85. The van der Waals surface area contributed by atoms with Gasteiger partial charge in [-0.25, -0.2) is 14.2 Å². The molecule has 182 valence electrons. The van der Waals surface area contributed by atoms with Gasteiger partial charge in [0.15, 0.2) is 0 Å². The van der Waals surface area contributed by atoms with Crippen LogP contribution in [0.4, 0.5) is 14.9 Å². The van der Waals surface area contributed by atoms with Gasteiger partial charge in [0.2, 0.25) is 0 Å². The SMILES string of the molecule is CC(C)NC(=O)N1CCN(c2cc(C(N)=O)nc(-c3ccc(Oc4ccc(F)cc4)cc3)c2)CC1. The number of amides is 3. The molecule has 0 atom stereocenters. The molecule has 35 heavy (non-hydrogen) atoms. The Morgan fingerprint density at radius 1 is 0.971 bits per heavy atom. The number of carbonyl (C=O) groups is 2. The van der Waals surface area contributed by atoms with Crippen molar-refractivity contribution >= 4 is 17.6 Å². The summed E-state index contributed by atoms with van der Waals surface area (Å²) in [6.45, 7) is 6.24. The van der Waals surface area contributed by atoms with Crippen LogP contribution in [0.25, 0.3) is 11.3 Å². The first kappa shape index (κ1) is 24.0. The number of pyridine rings is 1. The van der Waals surface area contributed by atoms with Gasteiger partial charge in [-0.1, -0.05) is 0 Å². The molecule has 1 aromatic heterocycles. The lowest BCUT2D eigenvalue weighted by Crippen LogP contribution is -2.53. The van der Waals surface area contributed by atoms with Crippen LogP contribution in [-0.2, 0) is 0 Å². The Morgan fingerprint density at radius 2 is 1.57 bits per heavy atom. The smallest absolute Gasteiger partial charge is 0.317 e. The van der Waals surface area contributed by atoms with Crippen LogP contribution in [0.3, 0.4) is 0 Å². The minimum Gasteiger partial charge on any atom is -0.457 e. The molecule has 9 heteroatoms. The van der Waals surface area contributed by atoms with Crippen LogP contribution >= 0.6 is 0 Å². The highest BCUT2D eigenvalue weighted by atomic mass is 19.1. The number of aromatic nitrogens is 1. The second kappa shape index (κ2) is 10.4. The Bertz CT molecular complexity index is 1190. The van der Waals surface area contributed by atoms with E-state index in [9.17, 15) is 14.0 Å². The zero-order chi connectivity index (χ0) is 24.9. The molecule has 1 fully saturated rings.